The van der Waals surface area contributed by atoms with Crippen molar-refractivity contribution in [3.8, 4) is 0 Å². The van der Waals surface area contributed by atoms with E-state index in [1.807, 2.05) is 0 Å². The highest BCUT2D eigenvalue weighted by Gasteiger charge is 2.10. The molecule has 0 saturated carbocycles. The Bertz CT molecular complexity index is 638. The van der Waals surface area contributed by atoms with Gasteiger partial charge in [-0.25, -0.2) is 23.3 Å². The second-order valence-corrected chi connectivity index (χ2v) is 4.25. The molecule has 0 unspecified atom stereocenters. The minimum Gasteiger partial charge on any atom is -0.304 e. The average Bonchev–Trinajstić information content (AvgIpc) is 2.41. The van der Waals surface area contributed by atoms with Gasteiger partial charge in [0.05, 0.1) is 5.52 Å². The quantitative estimate of drug-likeness (QED) is 0.557. The number of fused-ring (bicyclic) bond motifs is 1. The van der Waals surface area contributed by atoms with Gasteiger partial charge in [-0.15, -0.1) is 0 Å². The maximum absolute atomic E-state index is 10.9. The lowest BCUT2D eigenvalue weighted by Crippen LogP contribution is -2.12. The van der Waals surface area contributed by atoms with E-state index in [0.29, 0.717) is 11.2 Å². The molecule has 2 heterocycles. The minimum absolute atomic E-state index is 0.139. The summed E-state index contributed by atoms with van der Waals surface area (Å²) in [6.07, 6.45) is 1.08. The number of H-pyrrole nitrogens is 2. The van der Waals surface area contributed by atoms with E-state index in [2.05, 4.69) is 15.0 Å². The molecule has 0 fully saturated rings. The lowest BCUT2D eigenvalue weighted by molar-refractivity contribution is 0.597. The van der Waals surface area contributed by atoms with Crippen LogP contribution >= 0.6 is 0 Å². The zero-order valence-electron chi connectivity index (χ0n) is 6.81. The topological polar surface area (TPSA) is 122 Å². The monoisotopic (exact) mass is 214 g/mol. The third-order valence-corrected chi connectivity index (χ3v) is 2.55. The van der Waals surface area contributed by atoms with Crippen LogP contribution in [0.3, 0.4) is 0 Å². The summed E-state index contributed by atoms with van der Waals surface area (Å²) in [5.41, 5.74) is 0.156. The van der Waals surface area contributed by atoms with Gasteiger partial charge in [0.1, 0.15) is 4.90 Å². The van der Waals surface area contributed by atoms with Gasteiger partial charge in [0.15, 0.2) is 5.65 Å². The van der Waals surface area contributed by atoms with Gasteiger partial charge in [0.25, 0.3) is 0 Å². The molecule has 0 saturated heterocycles. The van der Waals surface area contributed by atoms with E-state index in [0.717, 1.165) is 6.20 Å². The van der Waals surface area contributed by atoms with Crippen molar-refractivity contribution in [3.05, 3.63) is 22.7 Å². The minimum atomic E-state index is -3.78. The van der Waals surface area contributed by atoms with Crippen molar-refractivity contribution in [2.45, 2.75) is 4.90 Å². The van der Waals surface area contributed by atoms with E-state index >= 15 is 0 Å². The average molecular weight is 214 g/mol. The molecule has 2 rings (SSSR count). The third kappa shape index (κ3) is 1.40. The molecule has 2 aromatic heterocycles. The summed E-state index contributed by atoms with van der Waals surface area (Å²) in [6.45, 7) is 0. The van der Waals surface area contributed by atoms with Crippen molar-refractivity contribution in [2.75, 3.05) is 0 Å². The largest absolute Gasteiger partial charge is 0.325 e. The summed E-state index contributed by atoms with van der Waals surface area (Å²) >= 11 is 0. The molecule has 0 radical (unpaired) electrons. The van der Waals surface area contributed by atoms with Crippen LogP contribution in [0, 0.1) is 0 Å². The van der Waals surface area contributed by atoms with Gasteiger partial charge >= 0.3 is 5.69 Å². The van der Waals surface area contributed by atoms with Crippen LogP contribution in [0.15, 0.2) is 22.0 Å². The summed E-state index contributed by atoms with van der Waals surface area (Å²) in [5.74, 6) is 0. The first-order valence-electron chi connectivity index (χ1n) is 3.58. The number of nitrogens with zero attached hydrogens (tertiary/aromatic N) is 1. The van der Waals surface area contributed by atoms with Gasteiger partial charge in [-0.05, 0) is 6.07 Å². The molecular formula is C6H6N4O3S. The van der Waals surface area contributed by atoms with Crippen LogP contribution < -0.4 is 10.8 Å². The van der Waals surface area contributed by atoms with Gasteiger partial charge in [-0.2, -0.15) is 0 Å². The van der Waals surface area contributed by atoms with Gasteiger partial charge in [0, 0.05) is 6.20 Å². The number of sulfonamides is 1. The highest BCUT2D eigenvalue weighted by atomic mass is 32.2. The molecule has 0 atom stereocenters. The summed E-state index contributed by atoms with van der Waals surface area (Å²) < 4.78 is 21.8. The molecule has 0 aliphatic heterocycles. The van der Waals surface area contributed by atoms with Gasteiger partial charge in [0.2, 0.25) is 10.0 Å². The molecule has 0 bridgehead atoms. The zero-order valence-corrected chi connectivity index (χ0v) is 7.63. The molecule has 74 valence electrons. The number of imidazole rings is 1. The Balaban J connectivity index is 2.80. The second-order valence-electron chi connectivity index (χ2n) is 2.69. The van der Waals surface area contributed by atoms with Crippen molar-refractivity contribution in [1.29, 1.82) is 0 Å². The number of pyridine rings is 1. The van der Waals surface area contributed by atoms with Crippen LogP contribution in [-0.4, -0.2) is 23.4 Å². The van der Waals surface area contributed by atoms with Crippen LogP contribution in [0.4, 0.5) is 0 Å². The van der Waals surface area contributed by atoms with E-state index in [1.54, 1.807) is 0 Å². The van der Waals surface area contributed by atoms with Crippen molar-refractivity contribution in [3.63, 3.8) is 0 Å². The maximum Gasteiger partial charge on any atom is 0.325 e. The lowest BCUT2D eigenvalue weighted by Gasteiger charge is -1.95. The van der Waals surface area contributed by atoms with Crippen LogP contribution in [0.5, 0.6) is 0 Å². The zero-order chi connectivity index (χ0) is 10.3. The Kier molecular flexibility index (Phi) is 1.69. The van der Waals surface area contributed by atoms with Crippen molar-refractivity contribution in [1.82, 2.24) is 15.0 Å². The fourth-order valence-corrected chi connectivity index (χ4v) is 1.54. The van der Waals surface area contributed by atoms with E-state index in [4.69, 9.17) is 5.14 Å². The Hall–Kier alpha value is -1.67. The highest BCUT2D eigenvalue weighted by Crippen LogP contribution is 2.09. The summed E-state index contributed by atoms with van der Waals surface area (Å²) in [7, 11) is -3.78. The number of nitrogens with two attached hydrogens (primary N) is 1. The molecule has 0 aliphatic rings. The molecule has 0 amide bonds. The molecular weight excluding hydrogens is 208 g/mol. The molecule has 2 aromatic rings. The molecule has 8 heteroatoms. The third-order valence-electron chi connectivity index (χ3n) is 1.67. The van der Waals surface area contributed by atoms with Crippen molar-refractivity contribution in [2.24, 2.45) is 5.14 Å². The normalized spacial score (nSPS) is 12.1. The molecule has 0 spiro atoms. The highest BCUT2D eigenvalue weighted by molar-refractivity contribution is 7.89. The molecule has 14 heavy (non-hydrogen) atoms. The summed E-state index contributed by atoms with van der Waals surface area (Å²) in [4.78, 5) is 19.2. The molecule has 7 nitrogen and oxygen atoms in total. The van der Waals surface area contributed by atoms with Crippen LogP contribution in [0.1, 0.15) is 0 Å². The second kappa shape index (κ2) is 2.66. The van der Waals surface area contributed by atoms with Gasteiger partial charge in [-0.1, -0.05) is 0 Å². The van der Waals surface area contributed by atoms with Gasteiger partial charge in [-0.3, -0.25) is 4.98 Å². The number of aromatic nitrogens is 3. The number of primary sulfonamides is 1. The summed E-state index contributed by atoms with van der Waals surface area (Å²) in [5, 5.41) is 4.88. The Labute approximate surface area is 78.0 Å². The number of nitrogens with one attached hydrogen (secondary N) is 2. The van der Waals surface area contributed by atoms with Gasteiger partial charge < -0.3 is 4.98 Å². The number of aromatic amines is 2. The number of hydrogen-bond acceptors (Lipinski definition) is 4. The first-order chi connectivity index (χ1) is 6.47. The van der Waals surface area contributed by atoms with E-state index < -0.39 is 15.7 Å². The van der Waals surface area contributed by atoms with Crippen LogP contribution in [0.2, 0.25) is 0 Å². The van der Waals surface area contributed by atoms with E-state index in [-0.39, 0.29) is 4.90 Å². The van der Waals surface area contributed by atoms with Crippen molar-refractivity contribution >= 4 is 21.2 Å². The summed E-state index contributed by atoms with van der Waals surface area (Å²) in [6, 6.07) is 1.25. The molecule has 4 N–H and O–H groups in total. The van der Waals surface area contributed by atoms with E-state index in [1.165, 1.54) is 6.07 Å². The SMILES string of the molecule is NS(=O)(=O)c1cnc2[nH]c(=O)[nH]c2c1. The number of rotatable bonds is 1. The Morgan fingerprint density at radius 2 is 2.07 bits per heavy atom. The lowest BCUT2D eigenvalue weighted by atomic mass is 10.4. The van der Waals surface area contributed by atoms with Crippen LogP contribution in [0.25, 0.3) is 11.2 Å². The van der Waals surface area contributed by atoms with E-state index in [9.17, 15) is 13.2 Å². The van der Waals surface area contributed by atoms with Crippen LogP contribution in [-0.2, 0) is 10.0 Å². The first-order valence-corrected chi connectivity index (χ1v) is 5.12. The van der Waals surface area contributed by atoms with Crippen molar-refractivity contribution < 1.29 is 8.42 Å². The Morgan fingerprint density at radius 3 is 2.71 bits per heavy atom. The molecule has 0 aliphatic carbocycles. The standard InChI is InChI=1S/C6H6N4O3S/c7-14(12,13)3-1-4-5(8-2-3)10-6(11)9-4/h1-2H,(H2,7,12,13)(H2,8,9,10,11). The number of hydrogen-bond donors (Lipinski definition) is 3. The first kappa shape index (κ1) is 8.91. The maximum atomic E-state index is 10.9. The predicted molar refractivity (Wildman–Crippen MR) is 48.1 cm³/mol. The fraction of sp³-hybridized carbons (Fsp3) is 0. The Morgan fingerprint density at radius 1 is 1.36 bits per heavy atom. The smallest absolute Gasteiger partial charge is 0.304 e. The predicted octanol–water partition coefficient (Wildman–Crippen LogP) is -1.10. The fourth-order valence-electron chi connectivity index (χ4n) is 1.06. The molecule has 0 aromatic carbocycles.